The van der Waals surface area contributed by atoms with E-state index < -0.39 is 0 Å². The summed E-state index contributed by atoms with van der Waals surface area (Å²) in [5, 5.41) is 3.60. The fraction of sp³-hybridized carbons (Fsp3) is 0.647. The van der Waals surface area contributed by atoms with Crippen LogP contribution in [0.15, 0.2) is 24.3 Å². The highest BCUT2D eigenvalue weighted by Gasteiger charge is 2.19. The molecule has 0 aliphatic heterocycles. The molecule has 1 aromatic carbocycles. The Morgan fingerprint density at radius 3 is 2.65 bits per heavy atom. The molecular formula is C17H28N2O. The Balaban J connectivity index is 1.87. The predicted octanol–water partition coefficient (Wildman–Crippen LogP) is 2.45. The van der Waals surface area contributed by atoms with Crippen LogP contribution in [0.25, 0.3) is 0 Å². The Bertz CT molecular complexity index is 390. The van der Waals surface area contributed by atoms with Gasteiger partial charge in [0.25, 0.3) is 0 Å². The molecule has 1 aliphatic rings. The minimum Gasteiger partial charge on any atom is -0.383 e. The van der Waals surface area contributed by atoms with E-state index in [9.17, 15) is 0 Å². The zero-order valence-electron chi connectivity index (χ0n) is 12.9. The molecule has 0 amide bonds. The SMILES string of the molecule is CCN(CCOC)Cc1ccccc1CCNC1CC1. The Morgan fingerprint density at radius 1 is 1.25 bits per heavy atom. The highest BCUT2D eigenvalue weighted by atomic mass is 16.5. The zero-order chi connectivity index (χ0) is 14.2. The molecule has 1 aliphatic carbocycles. The first kappa shape index (κ1) is 15.5. The van der Waals surface area contributed by atoms with E-state index in [4.69, 9.17) is 4.74 Å². The zero-order valence-corrected chi connectivity index (χ0v) is 12.9. The fourth-order valence-corrected chi connectivity index (χ4v) is 2.46. The van der Waals surface area contributed by atoms with Crippen molar-refractivity contribution in [1.29, 1.82) is 0 Å². The number of benzene rings is 1. The van der Waals surface area contributed by atoms with Gasteiger partial charge in [-0.2, -0.15) is 0 Å². The third-order valence-electron chi connectivity index (χ3n) is 3.98. The minimum absolute atomic E-state index is 0.802. The second kappa shape index (κ2) is 8.40. The van der Waals surface area contributed by atoms with Crippen molar-refractivity contribution >= 4 is 0 Å². The number of nitrogens with one attached hydrogen (secondary N) is 1. The van der Waals surface area contributed by atoms with Crippen LogP contribution >= 0.6 is 0 Å². The Kier molecular flexibility index (Phi) is 6.51. The van der Waals surface area contributed by atoms with Crippen LogP contribution in [0, 0.1) is 0 Å². The van der Waals surface area contributed by atoms with Gasteiger partial charge in [0.15, 0.2) is 0 Å². The van der Waals surface area contributed by atoms with Crippen molar-refractivity contribution in [2.24, 2.45) is 0 Å². The first-order valence-corrected chi connectivity index (χ1v) is 7.85. The van der Waals surface area contributed by atoms with Gasteiger partial charge in [0.05, 0.1) is 6.61 Å². The van der Waals surface area contributed by atoms with Gasteiger partial charge in [-0.15, -0.1) is 0 Å². The summed E-state index contributed by atoms with van der Waals surface area (Å²) in [4.78, 5) is 2.44. The first-order valence-electron chi connectivity index (χ1n) is 7.85. The van der Waals surface area contributed by atoms with Crippen LogP contribution in [-0.4, -0.2) is 44.3 Å². The summed E-state index contributed by atoms with van der Waals surface area (Å²) >= 11 is 0. The lowest BCUT2D eigenvalue weighted by Crippen LogP contribution is -2.27. The van der Waals surface area contributed by atoms with Crippen LogP contribution in [0.1, 0.15) is 30.9 Å². The third-order valence-corrected chi connectivity index (χ3v) is 3.98. The molecule has 0 aromatic heterocycles. The summed E-state index contributed by atoms with van der Waals surface area (Å²) in [6.07, 6.45) is 3.86. The smallest absolute Gasteiger partial charge is 0.0589 e. The molecule has 0 radical (unpaired) electrons. The molecular weight excluding hydrogens is 248 g/mol. The van der Waals surface area contributed by atoms with E-state index in [1.165, 1.54) is 24.0 Å². The summed E-state index contributed by atoms with van der Waals surface area (Å²) < 4.78 is 5.19. The summed E-state index contributed by atoms with van der Waals surface area (Å²) in [7, 11) is 1.77. The molecule has 1 saturated carbocycles. The lowest BCUT2D eigenvalue weighted by molar-refractivity contribution is 0.147. The van der Waals surface area contributed by atoms with Crippen LogP contribution in [-0.2, 0) is 17.7 Å². The molecule has 1 fully saturated rings. The number of hydrogen-bond acceptors (Lipinski definition) is 3. The van der Waals surface area contributed by atoms with Gasteiger partial charge in [0.2, 0.25) is 0 Å². The van der Waals surface area contributed by atoms with Crippen LogP contribution < -0.4 is 5.32 Å². The van der Waals surface area contributed by atoms with E-state index in [0.717, 1.165) is 45.2 Å². The Labute approximate surface area is 123 Å². The highest BCUT2D eigenvalue weighted by Crippen LogP contribution is 2.19. The van der Waals surface area contributed by atoms with E-state index >= 15 is 0 Å². The summed E-state index contributed by atoms with van der Waals surface area (Å²) in [5.41, 5.74) is 2.94. The quantitative estimate of drug-likeness (QED) is 0.710. The van der Waals surface area contributed by atoms with Crippen LogP contribution in [0.5, 0.6) is 0 Å². The van der Waals surface area contributed by atoms with Gasteiger partial charge < -0.3 is 10.1 Å². The number of rotatable bonds is 10. The van der Waals surface area contributed by atoms with Gasteiger partial charge in [-0.05, 0) is 43.5 Å². The second-order valence-electron chi connectivity index (χ2n) is 5.61. The Hall–Kier alpha value is -0.900. The summed E-state index contributed by atoms with van der Waals surface area (Å²) in [5.74, 6) is 0. The van der Waals surface area contributed by atoms with Gasteiger partial charge in [0.1, 0.15) is 0 Å². The largest absolute Gasteiger partial charge is 0.383 e. The van der Waals surface area contributed by atoms with Crippen molar-refractivity contribution in [1.82, 2.24) is 10.2 Å². The molecule has 0 saturated heterocycles. The maximum atomic E-state index is 5.19. The van der Waals surface area contributed by atoms with E-state index in [2.05, 4.69) is 41.4 Å². The summed E-state index contributed by atoms with van der Waals surface area (Å²) in [6.45, 7) is 7.22. The predicted molar refractivity (Wildman–Crippen MR) is 84.0 cm³/mol. The van der Waals surface area contributed by atoms with Crippen molar-refractivity contribution in [3.63, 3.8) is 0 Å². The Morgan fingerprint density at radius 2 is 2.00 bits per heavy atom. The molecule has 3 nitrogen and oxygen atoms in total. The lowest BCUT2D eigenvalue weighted by Gasteiger charge is -2.21. The van der Waals surface area contributed by atoms with Crippen molar-refractivity contribution in [2.75, 3.05) is 33.4 Å². The third kappa shape index (κ3) is 5.23. The topological polar surface area (TPSA) is 24.5 Å². The van der Waals surface area contributed by atoms with E-state index in [1.54, 1.807) is 7.11 Å². The molecule has 112 valence electrons. The maximum Gasteiger partial charge on any atom is 0.0589 e. The lowest BCUT2D eigenvalue weighted by atomic mass is 10.0. The minimum atomic E-state index is 0.802. The normalized spacial score (nSPS) is 14.9. The average Bonchev–Trinajstić information content (AvgIpc) is 3.29. The number of hydrogen-bond donors (Lipinski definition) is 1. The standard InChI is InChI=1S/C17H28N2O/c1-3-19(12-13-20-2)14-16-7-5-4-6-15(16)10-11-18-17-8-9-17/h4-7,17-18H,3,8-14H2,1-2H3. The molecule has 2 rings (SSSR count). The van der Waals surface area contributed by atoms with Crippen molar-refractivity contribution < 1.29 is 4.74 Å². The molecule has 0 atom stereocenters. The van der Waals surface area contributed by atoms with Crippen LogP contribution in [0.2, 0.25) is 0 Å². The molecule has 1 aromatic rings. The van der Waals surface area contributed by atoms with Crippen molar-refractivity contribution in [3.8, 4) is 0 Å². The van der Waals surface area contributed by atoms with Gasteiger partial charge in [-0.25, -0.2) is 0 Å². The maximum absolute atomic E-state index is 5.19. The fourth-order valence-electron chi connectivity index (χ4n) is 2.46. The van der Waals surface area contributed by atoms with E-state index in [0.29, 0.717) is 0 Å². The monoisotopic (exact) mass is 276 g/mol. The molecule has 20 heavy (non-hydrogen) atoms. The van der Waals surface area contributed by atoms with Gasteiger partial charge in [-0.3, -0.25) is 4.90 Å². The van der Waals surface area contributed by atoms with E-state index in [1.807, 2.05) is 0 Å². The molecule has 0 unspecified atom stereocenters. The number of ether oxygens (including phenoxy) is 1. The molecule has 0 heterocycles. The molecule has 0 bridgehead atoms. The van der Waals surface area contributed by atoms with Gasteiger partial charge in [-0.1, -0.05) is 31.2 Å². The van der Waals surface area contributed by atoms with Crippen molar-refractivity contribution in [3.05, 3.63) is 35.4 Å². The van der Waals surface area contributed by atoms with E-state index in [-0.39, 0.29) is 0 Å². The number of methoxy groups -OCH3 is 1. The van der Waals surface area contributed by atoms with Gasteiger partial charge >= 0.3 is 0 Å². The average molecular weight is 276 g/mol. The molecule has 1 N–H and O–H groups in total. The molecule has 0 spiro atoms. The second-order valence-corrected chi connectivity index (χ2v) is 5.61. The summed E-state index contributed by atoms with van der Waals surface area (Å²) in [6, 6.07) is 9.64. The number of nitrogens with zero attached hydrogens (tertiary/aromatic N) is 1. The number of likely N-dealkylation sites (N-methyl/N-ethyl adjacent to an activating group) is 1. The van der Waals surface area contributed by atoms with Crippen LogP contribution in [0.3, 0.4) is 0 Å². The highest BCUT2D eigenvalue weighted by molar-refractivity contribution is 5.27. The first-order chi connectivity index (χ1) is 9.83. The van der Waals surface area contributed by atoms with Crippen LogP contribution in [0.4, 0.5) is 0 Å². The van der Waals surface area contributed by atoms with Gasteiger partial charge in [0, 0.05) is 26.2 Å². The van der Waals surface area contributed by atoms with Crippen molar-refractivity contribution in [2.45, 2.75) is 38.8 Å². The molecule has 3 heteroatoms.